The summed E-state index contributed by atoms with van der Waals surface area (Å²) in [6.07, 6.45) is 1.56. The summed E-state index contributed by atoms with van der Waals surface area (Å²) in [4.78, 5) is 13.0. The number of benzene rings is 3. The van der Waals surface area contributed by atoms with Crippen molar-refractivity contribution >= 4 is 46.7 Å². The Morgan fingerprint density at radius 3 is 2.67 bits per heavy atom. The molecule has 2 aliphatic rings. The van der Waals surface area contributed by atoms with Crippen LogP contribution in [-0.4, -0.2) is 12.6 Å². The van der Waals surface area contributed by atoms with E-state index in [9.17, 15) is 4.79 Å². The summed E-state index contributed by atoms with van der Waals surface area (Å²) < 4.78 is 22.8. The van der Waals surface area contributed by atoms with Gasteiger partial charge in [0.25, 0.3) is 0 Å². The van der Waals surface area contributed by atoms with Crippen molar-refractivity contribution in [1.82, 2.24) is 0 Å². The third kappa shape index (κ3) is 4.30. The van der Waals surface area contributed by atoms with Gasteiger partial charge in [0.2, 0.25) is 5.78 Å². The fraction of sp³-hybridized carbons (Fsp3) is 0.160. The maximum Gasteiger partial charge on any atom is 0.232 e. The first-order valence-corrected chi connectivity index (χ1v) is 11.2. The highest BCUT2D eigenvalue weighted by Gasteiger charge is 2.30. The summed E-state index contributed by atoms with van der Waals surface area (Å²) in [5, 5.41) is 1.44. The van der Waals surface area contributed by atoms with Gasteiger partial charge in [-0.3, -0.25) is 4.79 Å². The highest BCUT2D eigenvalue weighted by atomic mass is 35.5. The number of halogens is 3. The summed E-state index contributed by atoms with van der Waals surface area (Å²) >= 11 is 18.7. The fourth-order valence-electron chi connectivity index (χ4n) is 3.87. The molecule has 0 spiro atoms. The Morgan fingerprint density at radius 2 is 1.88 bits per heavy atom. The average Bonchev–Trinajstić information content (AvgIpc) is 3.10. The third-order valence-corrected chi connectivity index (χ3v) is 6.24. The zero-order chi connectivity index (χ0) is 23.1. The number of carbonyl (C=O) groups excluding carboxylic acids is 1. The van der Waals surface area contributed by atoms with Crippen LogP contribution in [0, 0.1) is 6.92 Å². The van der Waals surface area contributed by atoms with Crippen molar-refractivity contribution in [2.75, 3.05) is 6.79 Å². The van der Waals surface area contributed by atoms with E-state index in [1.54, 1.807) is 42.5 Å². The van der Waals surface area contributed by atoms with E-state index in [0.717, 1.165) is 22.4 Å². The van der Waals surface area contributed by atoms with Crippen LogP contribution in [0.3, 0.4) is 0 Å². The molecule has 5 rings (SSSR count). The monoisotopic (exact) mass is 502 g/mol. The zero-order valence-electron chi connectivity index (χ0n) is 17.4. The molecule has 0 radical (unpaired) electrons. The lowest BCUT2D eigenvalue weighted by molar-refractivity contribution is -0.0175. The Balaban J connectivity index is 1.41. The minimum atomic E-state index is -0.234. The Morgan fingerprint density at radius 1 is 1.09 bits per heavy atom. The normalized spacial score (nSPS) is 15.6. The molecule has 0 aliphatic carbocycles. The van der Waals surface area contributed by atoms with Crippen molar-refractivity contribution in [3.05, 3.63) is 91.1 Å². The van der Waals surface area contributed by atoms with Crippen LogP contribution < -0.4 is 14.2 Å². The first-order chi connectivity index (χ1) is 15.9. The SMILES string of the molecule is Cc1cc(OCc2cc(Cl)cc3c2OCOC3)cc2c1C(=O)/C(=C/c1c(Cl)cccc1Cl)O2. The molecule has 33 heavy (non-hydrogen) atoms. The molecular formula is C25H17Cl3O5. The van der Waals surface area contributed by atoms with Crippen LogP contribution in [0.5, 0.6) is 17.2 Å². The highest BCUT2D eigenvalue weighted by Crippen LogP contribution is 2.39. The van der Waals surface area contributed by atoms with Crippen LogP contribution in [0.2, 0.25) is 15.1 Å². The van der Waals surface area contributed by atoms with Gasteiger partial charge in [0.1, 0.15) is 23.9 Å². The summed E-state index contributed by atoms with van der Waals surface area (Å²) in [5.74, 6) is 1.61. The molecule has 5 nitrogen and oxygen atoms in total. The zero-order valence-corrected chi connectivity index (χ0v) is 19.7. The van der Waals surface area contributed by atoms with Gasteiger partial charge in [-0.05, 0) is 48.9 Å². The van der Waals surface area contributed by atoms with Crippen LogP contribution in [0.4, 0.5) is 0 Å². The molecule has 0 unspecified atom stereocenters. The van der Waals surface area contributed by atoms with E-state index in [0.29, 0.717) is 44.3 Å². The second-order valence-corrected chi connectivity index (χ2v) is 8.89. The predicted molar refractivity (Wildman–Crippen MR) is 127 cm³/mol. The lowest BCUT2D eigenvalue weighted by Crippen LogP contribution is -2.14. The minimum absolute atomic E-state index is 0.151. The van der Waals surface area contributed by atoms with Gasteiger partial charge in [-0.1, -0.05) is 40.9 Å². The number of hydrogen-bond donors (Lipinski definition) is 0. The Hall–Kier alpha value is -2.70. The molecule has 0 aromatic heterocycles. The number of allylic oxidation sites excluding steroid dienone is 1. The van der Waals surface area contributed by atoms with E-state index >= 15 is 0 Å². The van der Waals surface area contributed by atoms with Gasteiger partial charge in [-0.15, -0.1) is 0 Å². The molecule has 2 heterocycles. The molecule has 0 fully saturated rings. The van der Waals surface area contributed by atoms with E-state index in [-0.39, 0.29) is 24.9 Å². The molecule has 168 valence electrons. The molecule has 0 bridgehead atoms. The molecule has 0 amide bonds. The standard InChI is InChI=1S/C25H17Cl3O5/c1-13-5-17(31-11-15-7-16(26)6-14-10-30-12-32-25(14)15)8-21-23(13)24(29)22(33-21)9-18-19(27)3-2-4-20(18)28/h2-9H,10-12H2,1H3/b22-9-. The summed E-state index contributed by atoms with van der Waals surface area (Å²) in [6.45, 7) is 2.68. The van der Waals surface area contributed by atoms with Crippen molar-refractivity contribution in [1.29, 1.82) is 0 Å². The first kappa shape index (κ1) is 22.1. The maximum atomic E-state index is 13.0. The van der Waals surface area contributed by atoms with Crippen LogP contribution in [0.25, 0.3) is 6.08 Å². The third-order valence-electron chi connectivity index (χ3n) is 5.36. The Labute approximate surface area is 205 Å². The van der Waals surface area contributed by atoms with Gasteiger partial charge < -0.3 is 18.9 Å². The summed E-state index contributed by atoms with van der Waals surface area (Å²) in [7, 11) is 0. The summed E-state index contributed by atoms with van der Waals surface area (Å²) in [6, 6.07) is 12.3. The molecule has 0 N–H and O–H groups in total. The van der Waals surface area contributed by atoms with E-state index in [1.807, 2.05) is 13.0 Å². The van der Waals surface area contributed by atoms with E-state index in [2.05, 4.69) is 0 Å². The molecule has 2 aliphatic heterocycles. The average molecular weight is 504 g/mol. The topological polar surface area (TPSA) is 54.0 Å². The molecular weight excluding hydrogens is 487 g/mol. The molecule has 0 saturated heterocycles. The quantitative estimate of drug-likeness (QED) is 0.358. The molecule has 8 heteroatoms. The number of fused-ring (bicyclic) bond motifs is 2. The second-order valence-electron chi connectivity index (χ2n) is 7.64. The van der Waals surface area contributed by atoms with Crippen LogP contribution in [0.1, 0.15) is 32.6 Å². The van der Waals surface area contributed by atoms with Gasteiger partial charge in [-0.25, -0.2) is 0 Å². The lowest BCUT2D eigenvalue weighted by atomic mass is 10.0. The van der Waals surface area contributed by atoms with Crippen molar-refractivity contribution in [3.63, 3.8) is 0 Å². The molecule has 0 saturated carbocycles. The smallest absolute Gasteiger partial charge is 0.232 e. The Bertz CT molecular complexity index is 1300. The van der Waals surface area contributed by atoms with Gasteiger partial charge >= 0.3 is 0 Å². The number of carbonyl (C=O) groups is 1. The number of aryl methyl sites for hydroxylation is 1. The number of hydrogen-bond acceptors (Lipinski definition) is 5. The lowest BCUT2D eigenvalue weighted by Gasteiger charge is -2.21. The predicted octanol–water partition coefficient (Wildman–Crippen LogP) is 7.02. The van der Waals surface area contributed by atoms with Crippen LogP contribution in [-0.2, 0) is 18.0 Å². The van der Waals surface area contributed by atoms with Gasteiger partial charge in [0.15, 0.2) is 12.6 Å². The van der Waals surface area contributed by atoms with E-state index in [1.165, 1.54) is 0 Å². The van der Waals surface area contributed by atoms with Crippen molar-refractivity contribution in [3.8, 4) is 17.2 Å². The van der Waals surface area contributed by atoms with E-state index in [4.69, 9.17) is 53.8 Å². The van der Waals surface area contributed by atoms with Gasteiger partial charge in [0, 0.05) is 37.8 Å². The maximum absolute atomic E-state index is 13.0. The molecule has 3 aromatic rings. The number of rotatable bonds is 4. The number of ether oxygens (including phenoxy) is 4. The minimum Gasteiger partial charge on any atom is -0.489 e. The highest BCUT2D eigenvalue weighted by molar-refractivity contribution is 6.37. The molecule has 0 atom stereocenters. The van der Waals surface area contributed by atoms with Gasteiger partial charge in [-0.2, -0.15) is 0 Å². The van der Waals surface area contributed by atoms with Crippen LogP contribution >= 0.6 is 34.8 Å². The number of ketones is 1. The van der Waals surface area contributed by atoms with Crippen molar-refractivity contribution < 1.29 is 23.7 Å². The van der Waals surface area contributed by atoms with Gasteiger partial charge in [0.05, 0.1) is 12.2 Å². The second kappa shape index (κ2) is 8.92. The number of Topliss-reactive ketones (excluding diaryl/α,β-unsaturated/α-hetero) is 1. The fourth-order valence-corrected chi connectivity index (χ4v) is 4.64. The largest absolute Gasteiger partial charge is 0.489 e. The van der Waals surface area contributed by atoms with Crippen molar-refractivity contribution in [2.24, 2.45) is 0 Å². The van der Waals surface area contributed by atoms with E-state index < -0.39 is 0 Å². The summed E-state index contributed by atoms with van der Waals surface area (Å²) in [5.41, 5.74) is 3.43. The Kier molecular flexibility index (Phi) is 5.97. The van der Waals surface area contributed by atoms with Crippen LogP contribution in [0.15, 0.2) is 48.2 Å². The van der Waals surface area contributed by atoms with Crippen molar-refractivity contribution in [2.45, 2.75) is 20.1 Å². The molecule has 3 aromatic carbocycles. The first-order valence-electron chi connectivity index (χ1n) is 10.1.